The van der Waals surface area contributed by atoms with Crippen LogP contribution in [0.15, 0.2) is 207 Å². The fourth-order valence-corrected chi connectivity index (χ4v) is 9.52. The summed E-state index contributed by atoms with van der Waals surface area (Å²) in [6.45, 7) is 4.36. The summed E-state index contributed by atoms with van der Waals surface area (Å²) < 4.78 is 0. The third-order valence-corrected chi connectivity index (χ3v) is 12.8. The molecule has 3 heterocycles. The van der Waals surface area contributed by atoms with E-state index in [2.05, 4.69) is 196 Å². The molecule has 3 aromatic heterocycles. The lowest BCUT2D eigenvalue weighted by Crippen LogP contribution is -2.00. The van der Waals surface area contributed by atoms with Crippen LogP contribution >= 0.6 is 0 Å². The van der Waals surface area contributed by atoms with Gasteiger partial charge in [-0.3, -0.25) is 9.97 Å². The molecule has 0 aliphatic carbocycles. The monoisotopic (exact) mass is 816 g/mol. The van der Waals surface area contributed by atoms with E-state index in [4.69, 9.17) is 19.9 Å². The molecule has 64 heavy (non-hydrogen) atoms. The van der Waals surface area contributed by atoms with Crippen molar-refractivity contribution < 1.29 is 0 Å². The Bertz CT molecular complexity index is 3820. The number of pyridine rings is 2. The van der Waals surface area contributed by atoms with Crippen molar-refractivity contribution >= 4 is 54.3 Å². The van der Waals surface area contributed by atoms with Gasteiger partial charge >= 0.3 is 0 Å². The van der Waals surface area contributed by atoms with Gasteiger partial charge in [0.1, 0.15) is 0 Å². The highest BCUT2D eigenvalue weighted by Crippen LogP contribution is 2.42. The number of fused-ring (bicyclic) bond motifs is 5. The van der Waals surface area contributed by atoms with Crippen LogP contribution in [0.2, 0.25) is 0 Å². The van der Waals surface area contributed by atoms with Gasteiger partial charge in [0, 0.05) is 56.4 Å². The Hall–Kier alpha value is -8.34. The van der Waals surface area contributed by atoms with Gasteiger partial charge in [0.25, 0.3) is 0 Å². The maximum Gasteiger partial charge on any atom is 0.160 e. The highest BCUT2D eigenvalue weighted by atomic mass is 14.9. The summed E-state index contributed by atoms with van der Waals surface area (Å²) in [6, 6.07) is 69.6. The first-order chi connectivity index (χ1) is 31.5. The molecular weight excluding hydrogens is 777 g/mol. The van der Waals surface area contributed by atoms with E-state index in [9.17, 15) is 0 Å². The lowest BCUT2D eigenvalue weighted by atomic mass is 9.90. The first-order valence-corrected chi connectivity index (χ1v) is 21.8. The second-order valence-corrected chi connectivity index (χ2v) is 16.8. The number of hydrogen-bond acceptors (Lipinski definition) is 4. The quantitative estimate of drug-likeness (QED) is 0.168. The van der Waals surface area contributed by atoms with Gasteiger partial charge in [-0.15, -0.1) is 0 Å². The van der Waals surface area contributed by atoms with Crippen LogP contribution in [-0.2, 0) is 0 Å². The lowest BCUT2D eigenvalue weighted by molar-refractivity contribution is 1.21. The number of para-hydroxylation sites is 2. The Labute approximate surface area is 371 Å². The third-order valence-electron chi connectivity index (χ3n) is 12.8. The summed E-state index contributed by atoms with van der Waals surface area (Å²) in [4.78, 5) is 20.7. The van der Waals surface area contributed by atoms with E-state index in [1.807, 2.05) is 24.5 Å². The number of rotatable bonds is 6. The Morgan fingerprint density at radius 2 is 0.797 bits per heavy atom. The molecule has 300 valence electrons. The molecule has 0 aliphatic rings. The molecule has 0 spiro atoms. The molecule has 0 atom stereocenters. The molecular formula is C60H40N4. The Kier molecular flexibility index (Phi) is 8.91. The third kappa shape index (κ3) is 6.47. The molecule has 0 saturated carbocycles. The van der Waals surface area contributed by atoms with Crippen molar-refractivity contribution in [1.82, 2.24) is 19.9 Å². The fourth-order valence-electron chi connectivity index (χ4n) is 9.52. The number of aryl methyl sites for hydroxylation is 2. The van der Waals surface area contributed by atoms with E-state index in [0.29, 0.717) is 5.82 Å². The smallest absolute Gasteiger partial charge is 0.160 e. The maximum atomic E-state index is 5.60. The zero-order valence-corrected chi connectivity index (χ0v) is 35.4. The van der Waals surface area contributed by atoms with Gasteiger partial charge in [-0.25, -0.2) is 9.97 Å². The van der Waals surface area contributed by atoms with E-state index in [0.717, 1.165) is 105 Å². The highest BCUT2D eigenvalue weighted by molar-refractivity contribution is 6.07. The van der Waals surface area contributed by atoms with Crippen molar-refractivity contribution in [1.29, 1.82) is 0 Å². The van der Waals surface area contributed by atoms with Crippen LogP contribution in [0.3, 0.4) is 0 Å². The average Bonchev–Trinajstić information content (AvgIpc) is 3.35. The SMILES string of the molecule is Cc1cc(-c2cccc3cccnc23)ccc1-c1nc(-c2ccc(-c3cccc4cccnc34)cc2C)c2cc(-c3ccc4ccccc4c3)cc(-c3ccc4ccccc4c3)c2n1. The summed E-state index contributed by atoms with van der Waals surface area (Å²) in [7, 11) is 0. The van der Waals surface area contributed by atoms with Crippen LogP contribution in [0.4, 0.5) is 0 Å². The molecule has 0 unspecified atom stereocenters. The van der Waals surface area contributed by atoms with Gasteiger partial charge in [-0.2, -0.15) is 0 Å². The first kappa shape index (κ1) is 37.4. The Morgan fingerprint density at radius 3 is 1.41 bits per heavy atom. The Balaban J connectivity index is 1.12. The highest BCUT2D eigenvalue weighted by Gasteiger charge is 2.21. The lowest BCUT2D eigenvalue weighted by Gasteiger charge is -2.18. The van der Waals surface area contributed by atoms with Gasteiger partial charge in [0.05, 0.1) is 22.2 Å². The van der Waals surface area contributed by atoms with Gasteiger partial charge < -0.3 is 0 Å². The van der Waals surface area contributed by atoms with E-state index in [1.54, 1.807) is 0 Å². The van der Waals surface area contributed by atoms with E-state index in [1.165, 1.54) is 21.5 Å². The number of hydrogen-bond donors (Lipinski definition) is 0. The number of nitrogens with zero attached hydrogens (tertiary/aromatic N) is 4. The molecule has 12 rings (SSSR count). The summed E-state index contributed by atoms with van der Waals surface area (Å²) in [5, 5.41) is 8.03. The van der Waals surface area contributed by atoms with Crippen molar-refractivity contribution in [2.45, 2.75) is 13.8 Å². The largest absolute Gasteiger partial charge is 0.256 e. The van der Waals surface area contributed by atoms with Crippen LogP contribution in [0.1, 0.15) is 11.1 Å². The molecule has 0 aliphatic heterocycles. The van der Waals surface area contributed by atoms with Crippen LogP contribution in [0, 0.1) is 13.8 Å². The van der Waals surface area contributed by atoms with Crippen molar-refractivity contribution in [3.8, 4) is 67.2 Å². The van der Waals surface area contributed by atoms with E-state index in [-0.39, 0.29) is 0 Å². The van der Waals surface area contributed by atoms with Gasteiger partial charge in [-0.1, -0.05) is 158 Å². The average molecular weight is 817 g/mol. The molecule has 0 radical (unpaired) electrons. The predicted octanol–water partition coefficient (Wildman–Crippen LogP) is 15.7. The minimum atomic E-state index is 0.685. The normalized spacial score (nSPS) is 11.6. The van der Waals surface area contributed by atoms with Crippen LogP contribution < -0.4 is 0 Å². The van der Waals surface area contributed by atoms with Gasteiger partial charge in [-0.05, 0) is 111 Å². The van der Waals surface area contributed by atoms with E-state index < -0.39 is 0 Å². The maximum absolute atomic E-state index is 5.60. The predicted molar refractivity (Wildman–Crippen MR) is 267 cm³/mol. The van der Waals surface area contributed by atoms with Crippen molar-refractivity contribution in [3.05, 3.63) is 218 Å². The van der Waals surface area contributed by atoms with Crippen molar-refractivity contribution in [3.63, 3.8) is 0 Å². The van der Waals surface area contributed by atoms with Crippen molar-refractivity contribution in [2.24, 2.45) is 0 Å². The van der Waals surface area contributed by atoms with Crippen LogP contribution in [0.25, 0.3) is 121 Å². The van der Waals surface area contributed by atoms with Gasteiger partial charge in [0.2, 0.25) is 0 Å². The molecule has 4 heteroatoms. The molecule has 0 N–H and O–H groups in total. The first-order valence-electron chi connectivity index (χ1n) is 21.8. The molecule has 0 fully saturated rings. The van der Waals surface area contributed by atoms with Crippen molar-refractivity contribution in [2.75, 3.05) is 0 Å². The molecule has 4 nitrogen and oxygen atoms in total. The minimum absolute atomic E-state index is 0.685. The minimum Gasteiger partial charge on any atom is -0.256 e. The molecule has 9 aromatic carbocycles. The van der Waals surface area contributed by atoms with E-state index >= 15 is 0 Å². The molecule has 0 saturated heterocycles. The van der Waals surface area contributed by atoms with Crippen LogP contribution in [-0.4, -0.2) is 19.9 Å². The number of aromatic nitrogens is 4. The summed E-state index contributed by atoms with van der Waals surface area (Å²) in [6.07, 6.45) is 3.73. The summed E-state index contributed by atoms with van der Waals surface area (Å²) in [5.41, 5.74) is 16.9. The number of benzene rings is 9. The second kappa shape index (κ2) is 15.2. The topological polar surface area (TPSA) is 51.6 Å². The molecule has 12 aromatic rings. The second-order valence-electron chi connectivity index (χ2n) is 16.8. The molecule has 0 amide bonds. The molecule has 0 bridgehead atoms. The standard InChI is InChI=1S/C60H40N4/c1-37-31-46(52-19-7-15-41-17-9-29-61-56(41)52)25-27-50(37)58-55-36-49(45-23-21-39-11-3-5-13-43(39)33-45)35-54(48-24-22-40-12-4-6-14-44(40)34-48)59(55)64-60(63-58)51-28-26-47(32-38(51)2)53-20-8-16-42-18-10-30-62-57(42)53/h3-36H,1-2H3. The zero-order valence-electron chi connectivity index (χ0n) is 35.4. The summed E-state index contributed by atoms with van der Waals surface area (Å²) >= 11 is 0. The fraction of sp³-hybridized carbons (Fsp3) is 0.0333. The van der Waals surface area contributed by atoms with Gasteiger partial charge in [0.15, 0.2) is 5.82 Å². The zero-order chi connectivity index (χ0) is 42.7. The Morgan fingerprint density at radius 1 is 0.297 bits per heavy atom. The summed E-state index contributed by atoms with van der Waals surface area (Å²) in [5.74, 6) is 0.685. The van der Waals surface area contributed by atoms with Crippen LogP contribution in [0.5, 0.6) is 0 Å².